The summed E-state index contributed by atoms with van der Waals surface area (Å²) in [7, 11) is 0. The summed E-state index contributed by atoms with van der Waals surface area (Å²) in [5, 5.41) is 12.8. The van der Waals surface area contributed by atoms with Crippen molar-refractivity contribution in [2.45, 2.75) is 64.1 Å². The van der Waals surface area contributed by atoms with Gasteiger partial charge in [0.2, 0.25) is 0 Å². The second-order valence-electron chi connectivity index (χ2n) is 6.16. The molecular formula is C14H28N2O. The topological polar surface area (TPSA) is 35.5 Å². The van der Waals surface area contributed by atoms with Crippen molar-refractivity contribution >= 4 is 0 Å². The van der Waals surface area contributed by atoms with Crippen molar-refractivity contribution in [1.82, 2.24) is 10.2 Å². The molecule has 0 aliphatic heterocycles. The highest BCUT2D eigenvalue weighted by molar-refractivity contribution is 4.89. The van der Waals surface area contributed by atoms with Crippen molar-refractivity contribution in [2.75, 3.05) is 19.7 Å². The Morgan fingerprint density at radius 1 is 1.24 bits per heavy atom. The molecular weight excluding hydrogens is 212 g/mol. The Morgan fingerprint density at radius 2 is 1.94 bits per heavy atom. The van der Waals surface area contributed by atoms with Gasteiger partial charge in [-0.2, -0.15) is 0 Å². The first-order valence-electron chi connectivity index (χ1n) is 7.30. The summed E-state index contributed by atoms with van der Waals surface area (Å²) in [4.78, 5) is 2.67. The van der Waals surface area contributed by atoms with Crippen LogP contribution >= 0.6 is 0 Å². The molecule has 1 unspecified atom stereocenters. The van der Waals surface area contributed by atoms with E-state index in [0.29, 0.717) is 6.04 Å². The smallest absolute Gasteiger partial charge is 0.0585 e. The van der Waals surface area contributed by atoms with E-state index in [1.807, 2.05) is 0 Å². The second-order valence-corrected chi connectivity index (χ2v) is 6.16. The molecule has 3 heteroatoms. The maximum absolute atomic E-state index is 9.36. The van der Waals surface area contributed by atoms with E-state index in [1.54, 1.807) is 0 Å². The summed E-state index contributed by atoms with van der Waals surface area (Å²) >= 11 is 0. The Bertz CT molecular complexity index is 224. The summed E-state index contributed by atoms with van der Waals surface area (Å²) in [5.74, 6) is 0.987. The highest BCUT2D eigenvalue weighted by Gasteiger charge is 2.33. The Morgan fingerprint density at radius 3 is 2.41 bits per heavy atom. The second kappa shape index (κ2) is 6.17. The van der Waals surface area contributed by atoms with Gasteiger partial charge in [-0.15, -0.1) is 0 Å². The SMILES string of the molecule is CC(C)NC(CO)CCN(CC1CC1)C1CC1. The first kappa shape index (κ1) is 13.3. The van der Waals surface area contributed by atoms with Crippen LogP contribution in [0.15, 0.2) is 0 Å². The van der Waals surface area contributed by atoms with Gasteiger partial charge in [-0.3, -0.25) is 0 Å². The van der Waals surface area contributed by atoms with E-state index in [4.69, 9.17) is 0 Å². The van der Waals surface area contributed by atoms with Gasteiger partial charge in [-0.25, -0.2) is 0 Å². The number of hydrogen-bond donors (Lipinski definition) is 2. The summed E-state index contributed by atoms with van der Waals surface area (Å²) < 4.78 is 0. The molecule has 2 rings (SSSR count). The lowest BCUT2D eigenvalue weighted by Gasteiger charge is -2.25. The average Bonchev–Trinajstić information content (AvgIpc) is 3.14. The summed E-state index contributed by atoms with van der Waals surface area (Å²) in [6.07, 6.45) is 6.76. The van der Waals surface area contributed by atoms with Gasteiger partial charge in [0.25, 0.3) is 0 Å². The molecule has 17 heavy (non-hydrogen) atoms. The Balaban J connectivity index is 1.68. The molecule has 0 aromatic carbocycles. The highest BCUT2D eigenvalue weighted by Crippen LogP contribution is 2.34. The number of nitrogens with zero attached hydrogens (tertiary/aromatic N) is 1. The van der Waals surface area contributed by atoms with E-state index in [2.05, 4.69) is 24.1 Å². The zero-order valence-corrected chi connectivity index (χ0v) is 11.4. The first-order valence-corrected chi connectivity index (χ1v) is 7.30. The third-order valence-corrected chi connectivity index (χ3v) is 3.81. The van der Waals surface area contributed by atoms with Crippen LogP contribution in [0.3, 0.4) is 0 Å². The molecule has 0 radical (unpaired) electrons. The van der Waals surface area contributed by atoms with Gasteiger partial charge < -0.3 is 15.3 Å². The minimum atomic E-state index is 0.264. The van der Waals surface area contributed by atoms with Crippen LogP contribution in [0.1, 0.15) is 46.0 Å². The molecule has 0 saturated heterocycles. The monoisotopic (exact) mass is 240 g/mol. The van der Waals surface area contributed by atoms with E-state index in [1.165, 1.54) is 32.2 Å². The molecule has 0 aromatic heterocycles. The van der Waals surface area contributed by atoms with Gasteiger partial charge in [0.15, 0.2) is 0 Å². The van der Waals surface area contributed by atoms with Gasteiger partial charge >= 0.3 is 0 Å². The van der Waals surface area contributed by atoms with Crippen molar-refractivity contribution in [3.05, 3.63) is 0 Å². The summed E-state index contributed by atoms with van der Waals surface area (Å²) in [6, 6.07) is 1.61. The quantitative estimate of drug-likeness (QED) is 0.643. The fraction of sp³-hybridized carbons (Fsp3) is 1.00. The van der Waals surface area contributed by atoms with Gasteiger partial charge in [-0.1, -0.05) is 13.8 Å². The summed E-state index contributed by atoms with van der Waals surface area (Å²) in [5.41, 5.74) is 0. The molecule has 2 aliphatic rings. The minimum Gasteiger partial charge on any atom is -0.395 e. The highest BCUT2D eigenvalue weighted by atomic mass is 16.3. The molecule has 100 valence electrons. The van der Waals surface area contributed by atoms with Gasteiger partial charge in [0, 0.05) is 31.2 Å². The Labute approximate surface area is 106 Å². The van der Waals surface area contributed by atoms with E-state index in [0.717, 1.165) is 24.9 Å². The van der Waals surface area contributed by atoms with Crippen molar-refractivity contribution < 1.29 is 5.11 Å². The largest absolute Gasteiger partial charge is 0.395 e. The lowest BCUT2D eigenvalue weighted by molar-refractivity contribution is 0.192. The molecule has 2 saturated carbocycles. The third-order valence-electron chi connectivity index (χ3n) is 3.81. The van der Waals surface area contributed by atoms with Crippen LogP contribution in [0.2, 0.25) is 0 Å². The molecule has 0 aromatic rings. The molecule has 2 N–H and O–H groups in total. The number of rotatable bonds is 9. The average molecular weight is 240 g/mol. The zero-order chi connectivity index (χ0) is 12.3. The fourth-order valence-electron chi connectivity index (χ4n) is 2.52. The minimum absolute atomic E-state index is 0.264. The van der Waals surface area contributed by atoms with Crippen molar-refractivity contribution in [3.8, 4) is 0 Å². The maximum atomic E-state index is 9.36. The van der Waals surface area contributed by atoms with E-state index in [9.17, 15) is 5.11 Å². The number of nitrogens with one attached hydrogen (secondary N) is 1. The van der Waals surface area contributed by atoms with Gasteiger partial charge in [-0.05, 0) is 38.0 Å². The van der Waals surface area contributed by atoms with Crippen LogP contribution in [-0.2, 0) is 0 Å². The molecule has 0 heterocycles. The molecule has 1 atom stereocenters. The lowest BCUT2D eigenvalue weighted by atomic mass is 10.1. The van der Waals surface area contributed by atoms with Crippen LogP contribution in [0.5, 0.6) is 0 Å². The Kier molecular flexibility index (Phi) is 4.83. The van der Waals surface area contributed by atoms with Gasteiger partial charge in [0.1, 0.15) is 0 Å². The number of hydrogen-bond acceptors (Lipinski definition) is 3. The molecule has 0 spiro atoms. The standard InChI is InChI=1S/C14H28N2O/c1-11(2)15-13(10-17)7-8-16(14-5-6-14)9-12-3-4-12/h11-15,17H,3-10H2,1-2H3. The first-order chi connectivity index (χ1) is 8.19. The molecule has 0 amide bonds. The predicted molar refractivity (Wildman–Crippen MR) is 71.1 cm³/mol. The van der Waals surface area contributed by atoms with Crippen LogP contribution < -0.4 is 5.32 Å². The van der Waals surface area contributed by atoms with E-state index < -0.39 is 0 Å². The van der Waals surface area contributed by atoms with Crippen molar-refractivity contribution in [2.24, 2.45) is 5.92 Å². The molecule has 0 bridgehead atoms. The number of aliphatic hydroxyl groups excluding tert-OH is 1. The normalized spacial score (nSPS) is 22.4. The predicted octanol–water partition coefficient (Wildman–Crippen LogP) is 1.61. The van der Waals surface area contributed by atoms with Crippen molar-refractivity contribution in [3.63, 3.8) is 0 Å². The maximum Gasteiger partial charge on any atom is 0.0585 e. The van der Waals surface area contributed by atoms with Crippen LogP contribution in [0.4, 0.5) is 0 Å². The molecule has 2 aliphatic carbocycles. The zero-order valence-electron chi connectivity index (χ0n) is 11.4. The van der Waals surface area contributed by atoms with E-state index in [-0.39, 0.29) is 12.6 Å². The molecule has 3 nitrogen and oxygen atoms in total. The van der Waals surface area contributed by atoms with Crippen LogP contribution in [0.25, 0.3) is 0 Å². The van der Waals surface area contributed by atoms with Crippen LogP contribution in [-0.4, -0.2) is 47.8 Å². The third kappa shape index (κ3) is 4.94. The summed E-state index contributed by atoms with van der Waals surface area (Å²) in [6.45, 7) is 7.02. The lowest BCUT2D eigenvalue weighted by Crippen LogP contribution is -2.41. The number of aliphatic hydroxyl groups is 1. The fourth-order valence-corrected chi connectivity index (χ4v) is 2.52. The van der Waals surface area contributed by atoms with Crippen molar-refractivity contribution in [1.29, 1.82) is 0 Å². The van der Waals surface area contributed by atoms with E-state index >= 15 is 0 Å². The van der Waals surface area contributed by atoms with Gasteiger partial charge in [0.05, 0.1) is 6.61 Å². The molecule has 2 fully saturated rings. The van der Waals surface area contributed by atoms with Crippen LogP contribution in [0, 0.1) is 5.92 Å². The Hall–Kier alpha value is -0.120.